The summed E-state index contributed by atoms with van der Waals surface area (Å²) < 4.78 is 0. The molecule has 2 rings (SSSR count). The highest BCUT2D eigenvalue weighted by Crippen LogP contribution is 2.38. The van der Waals surface area contributed by atoms with Crippen molar-refractivity contribution in [3.8, 4) is 0 Å². The number of carboxylic acid groups (broad SMARTS) is 1. The third kappa shape index (κ3) is 2.76. The fraction of sp³-hybridized carbons (Fsp3) is 0.250. The van der Waals surface area contributed by atoms with E-state index in [1.807, 2.05) is 6.92 Å². The van der Waals surface area contributed by atoms with Crippen LogP contribution < -0.4 is 10.4 Å². The number of Topliss-reactive ketones (excluding diaryl/α,β-unsaturated/α-hetero) is 1. The van der Waals surface area contributed by atoms with Gasteiger partial charge in [0.25, 0.3) is 0 Å². The van der Waals surface area contributed by atoms with Crippen molar-refractivity contribution in [1.29, 1.82) is 0 Å². The van der Waals surface area contributed by atoms with Crippen molar-refractivity contribution < 1.29 is 14.7 Å². The summed E-state index contributed by atoms with van der Waals surface area (Å²) in [6.45, 7) is 3.11. The molecule has 0 heterocycles. The van der Waals surface area contributed by atoms with Gasteiger partial charge in [-0.25, -0.2) is 0 Å². The highest BCUT2D eigenvalue weighted by Gasteiger charge is 2.47. The monoisotopic (exact) mass is 338 g/mol. The second kappa shape index (κ2) is 6.15. The molecule has 1 aromatic carbocycles. The van der Waals surface area contributed by atoms with E-state index >= 15 is 0 Å². The second-order valence-corrected chi connectivity index (χ2v) is 5.99. The third-order valence-electron chi connectivity index (χ3n) is 3.73. The molecule has 0 spiro atoms. The predicted octanol–water partition coefficient (Wildman–Crippen LogP) is 2.45. The predicted molar refractivity (Wildman–Crippen MR) is 84.8 cm³/mol. The minimum absolute atomic E-state index is 0.0936. The van der Waals surface area contributed by atoms with Crippen molar-refractivity contribution in [2.45, 2.75) is 19.4 Å². The van der Waals surface area contributed by atoms with E-state index in [4.69, 9.17) is 23.2 Å². The standard InChI is InChI=1S/C16H15Cl2NO3/c1-9-6-7-11(17)8-13(9)19-16(10(2)20)12(15(21)22)4-3-5-14(16)18/h3-8,12,19H,1-2H3,(H,21,22)/p-1. The third-order valence-corrected chi connectivity index (χ3v) is 4.39. The Morgan fingerprint density at radius 3 is 2.59 bits per heavy atom. The molecule has 0 amide bonds. The van der Waals surface area contributed by atoms with Gasteiger partial charge in [0.2, 0.25) is 0 Å². The van der Waals surface area contributed by atoms with Gasteiger partial charge in [-0.2, -0.15) is 0 Å². The molecule has 1 N–H and O–H groups in total. The van der Waals surface area contributed by atoms with Crippen molar-refractivity contribution >= 4 is 40.6 Å². The Hall–Kier alpha value is -1.78. The van der Waals surface area contributed by atoms with Crippen molar-refractivity contribution in [3.63, 3.8) is 0 Å². The maximum atomic E-state index is 12.3. The van der Waals surface area contributed by atoms with Crippen LogP contribution in [0.15, 0.2) is 41.5 Å². The van der Waals surface area contributed by atoms with Gasteiger partial charge in [-0.15, -0.1) is 0 Å². The van der Waals surface area contributed by atoms with E-state index in [1.54, 1.807) is 18.2 Å². The van der Waals surface area contributed by atoms with Gasteiger partial charge in [-0.05, 0) is 37.6 Å². The van der Waals surface area contributed by atoms with Gasteiger partial charge < -0.3 is 15.2 Å². The second-order valence-electron chi connectivity index (χ2n) is 5.14. The first-order valence-corrected chi connectivity index (χ1v) is 7.35. The average Bonchev–Trinajstić information content (AvgIpc) is 2.44. The summed E-state index contributed by atoms with van der Waals surface area (Å²) in [7, 11) is 0. The lowest BCUT2D eigenvalue weighted by Gasteiger charge is -2.41. The number of aliphatic carboxylic acids is 1. The Morgan fingerprint density at radius 1 is 1.32 bits per heavy atom. The van der Waals surface area contributed by atoms with E-state index in [-0.39, 0.29) is 5.03 Å². The molecular formula is C16H14Cl2NO3-. The van der Waals surface area contributed by atoms with Crippen LogP contribution in [0.3, 0.4) is 0 Å². The van der Waals surface area contributed by atoms with E-state index in [0.717, 1.165) is 5.56 Å². The Labute approximate surface area is 138 Å². The van der Waals surface area contributed by atoms with Crippen LogP contribution in [0, 0.1) is 12.8 Å². The number of ketones is 1. The molecule has 22 heavy (non-hydrogen) atoms. The van der Waals surface area contributed by atoms with Gasteiger partial charge in [0.1, 0.15) is 5.54 Å². The average molecular weight is 339 g/mol. The number of aryl methyl sites for hydroxylation is 1. The van der Waals surface area contributed by atoms with Crippen molar-refractivity contribution in [2.75, 3.05) is 5.32 Å². The minimum atomic E-state index is -1.61. The molecule has 116 valence electrons. The number of anilines is 1. The zero-order chi connectivity index (χ0) is 16.5. The van der Waals surface area contributed by atoms with Crippen LogP contribution in [0.5, 0.6) is 0 Å². The zero-order valence-corrected chi connectivity index (χ0v) is 13.5. The molecule has 1 aliphatic carbocycles. The first-order chi connectivity index (χ1) is 10.3. The highest BCUT2D eigenvalue weighted by atomic mass is 35.5. The van der Waals surface area contributed by atoms with E-state index in [1.165, 1.54) is 25.2 Å². The molecule has 0 saturated heterocycles. The number of rotatable bonds is 4. The molecule has 0 aliphatic heterocycles. The molecule has 1 aromatic rings. The van der Waals surface area contributed by atoms with Gasteiger partial charge in [0.05, 0.1) is 16.9 Å². The number of benzene rings is 1. The maximum Gasteiger partial charge on any atom is 0.161 e. The SMILES string of the molecule is CC(=O)C1(Nc2cc(Cl)ccc2C)C(Cl)=CC=CC1C(=O)[O-]. The Balaban J connectivity index is 2.59. The summed E-state index contributed by atoms with van der Waals surface area (Å²) >= 11 is 12.2. The number of carbonyl (C=O) groups excluding carboxylic acids is 2. The Morgan fingerprint density at radius 2 is 2.00 bits per heavy atom. The largest absolute Gasteiger partial charge is 0.549 e. The maximum absolute atomic E-state index is 12.3. The molecule has 0 saturated carbocycles. The van der Waals surface area contributed by atoms with Crippen molar-refractivity contribution in [2.24, 2.45) is 5.92 Å². The van der Waals surface area contributed by atoms with E-state index in [0.29, 0.717) is 10.7 Å². The minimum Gasteiger partial charge on any atom is -0.549 e. The molecule has 0 bridgehead atoms. The lowest BCUT2D eigenvalue weighted by Crippen LogP contribution is -2.57. The van der Waals surface area contributed by atoms with E-state index < -0.39 is 23.2 Å². The van der Waals surface area contributed by atoms with Crippen LogP contribution >= 0.6 is 23.2 Å². The molecule has 2 unspecified atom stereocenters. The summed E-state index contributed by atoms with van der Waals surface area (Å²) in [6.07, 6.45) is 4.38. The van der Waals surface area contributed by atoms with Crippen molar-refractivity contribution in [3.05, 3.63) is 52.0 Å². The molecule has 0 radical (unpaired) electrons. The van der Waals surface area contributed by atoms with Crippen molar-refractivity contribution in [1.82, 2.24) is 0 Å². The van der Waals surface area contributed by atoms with Gasteiger partial charge in [0, 0.05) is 10.7 Å². The quantitative estimate of drug-likeness (QED) is 0.915. The Bertz CT molecular complexity index is 697. The molecule has 1 aliphatic rings. The number of hydrogen-bond acceptors (Lipinski definition) is 4. The van der Waals surface area contributed by atoms with Gasteiger partial charge in [-0.1, -0.05) is 41.4 Å². The molecular weight excluding hydrogens is 325 g/mol. The number of hydrogen-bond donors (Lipinski definition) is 1. The van der Waals surface area contributed by atoms with Crippen LogP contribution in [-0.4, -0.2) is 17.3 Å². The summed E-state index contributed by atoms with van der Waals surface area (Å²) in [5.74, 6) is -3.03. The smallest absolute Gasteiger partial charge is 0.161 e. The number of nitrogens with one attached hydrogen (secondary N) is 1. The van der Waals surface area contributed by atoms with Gasteiger partial charge in [0.15, 0.2) is 5.78 Å². The molecule has 0 aromatic heterocycles. The summed E-state index contributed by atoms with van der Waals surface area (Å²) in [4.78, 5) is 23.8. The molecule has 4 nitrogen and oxygen atoms in total. The summed E-state index contributed by atoms with van der Waals surface area (Å²) in [5.41, 5.74) is -0.262. The van der Waals surface area contributed by atoms with Crippen LogP contribution in [0.4, 0.5) is 5.69 Å². The highest BCUT2D eigenvalue weighted by molar-refractivity contribution is 6.34. The van der Waals surface area contributed by atoms with Crippen LogP contribution in [0.2, 0.25) is 5.02 Å². The van der Waals surface area contributed by atoms with E-state index in [9.17, 15) is 14.7 Å². The first kappa shape index (κ1) is 16.6. The molecule has 2 atom stereocenters. The number of halogens is 2. The zero-order valence-electron chi connectivity index (χ0n) is 12.0. The van der Waals surface area contributed by atoms with E-state index in [2.05, 4.69) is 5.32 Å². The topological polar surface area (TPSA) is 69.2 Å². The number of carbonyl (C=O) groups is 2. The lowest BCUT2D eigenvalue weighted by molar-refractivity contribution is -0.310. The summed E-state index contributed by atoms with van der Waals surface area (Å²) in [6, 6.07) is 5.09. The molecule has 6 heteroatoms. The van der Waals surface area contributed by atoms with Crippen LogP contribution in [-0.2, 0) is 9.59 Å². The van der Waals surface area contributed by atoms with Gasteiger partial charge >= 0.3 is 0 Å². The van der Waals surface area contributed by atoms with Crippen LogP contribution in [0.1, 0.15) is 12.5 Å². The Kier molecular flexibility index (Phi) is 4.63. The van der Waals surface area contributed by atoms with Crippen LogP contribution in [0.25, 0.3) is 0 Å². The fourth-order valence-corrected chi connectivity index (χ4v) is 3.03. The van der Waals surface area contributed by atoms with Gasteiger partial charge in [-0.3, -0.25) is 4.79 Å². The summed E-state index contributed by atoms with van der Waals surface area (Å²) in [5, 5.41) is 15.0. The normalized spacial score (nSPS) is 23.8. The number of carboxylic acids is 1. The first-order valence-electron chi connectivity index (χ1n) is 6.59. The number of allylic oxidation sites excluding steroid dienone is 2. The lowest BCUT2D eigenvalue weighted by atomic mass is 9.77. The fourth-order valence-electron chi connectivity index (χ4n) is 2.48. The molecule has 0 fully saturated rings.